The van der Waals surface area contributed by atoms with Gasteiger partial charge < -0.3 is 18.9 Å². The van der Waals surface area contributed by atoms with E-state index in [4.69, 9.17) is 30.5 Å². The number of benzene rings is 4. The molecule has 0 aliphatic carbocycles. The minimum atomic E-state index is -4.18. The van der Waals surface area contributed by atoms with E-state index in [1.165, 1.54) is 38.6 Å². The summed E-state index contributed by atoms with van der Waals surface area (Å²) in [5.74, 6) is 1.01. The summed E-state index contributed by atoms with van der Waals surface area (Å²) in [6, 6.07) is 25.1. The number of ether oxygens (including phenoxy) is 4. The molecular weight excluding hydrogens is 606 g/mol. The number of methoxy groups -OCH3 is 2. The maximum atomic E-state index is 13.7. The van der Waals surface area contributed by atoms with Crippen molar-refractivity contribution in [1.29, 1.82) is 0 Å². The average molecular weight is 638 g/mol. The second-order valence-corrected chi connectivity index (χ2v) is 11.5. The van der Waals surface area contributed by atoms with Crippen molar-refractivity contribution in [3.63, 3.8) is 0 Å². The fourth-order valence-corrected chi connectivity index (χ4v) is 5.66. The Balaban J connectivity index is 1.48. The van der Waals surface area contributed by atoms with Gasteiger partial charge in [-0.3, -0.25) is 9.10 Å². The van der Waals surface area contributed by atoms with Gasteiger partial charge in [0, 0.05) is 11.1 Å². The predicted octanol–water partition coefficient (Wildman–Crippen LogP) is 5.68. The van der Waals surface area contributed by atoms with E-state index in [2.05, 4.69) is 10.5 Å². The molecule has 0 fully saturated rings. The SMILES string of the molecule is CCOc1cc(/C=N\NC(=O)CN(c2ccccc2)S(=O)(=O)c2ccc(OC)c(OC)c2)ccc1OCc1ccc(Cl)cc1. The van der Waals surface area contributed by atoms with Crippen LogP contribution in [0.25, 0.3) is 0 Å². The van der Waals surface area contributed by atoms with Crippen LogP contribution in [0.4, 0.5) is 5.69 Å². The van der Waals surface area contributed by atoms with Gasteiger partial charge in [0.2, 0.25) is 0 Å². The first-order valence-electron chi connectivity index (χ1n) is 13.5. The Hall–Kier alpha value is -4.74. The molecule has 44 heavy (non-hydrogen) atoms. The quantitative estimate of drug-likeness (QED) is 0.140. The van der Waals surface area contributed by atoms with Crippen LogP contribution in [0.15, 0.2) is 101 Å². The van der Waals surface area contributed by atoms with Crippen molar-refractivity contribution in [2.45, 2.75) is 18.4 Å². The number of hydrazone groups is 1. The van der Waals surface area contributed by atoms with E-state index in [0.29, 0.717) is 46.7 Å². The molecule has 0 saturated heterocycles. The monoisotopic (exact) mass is 637 g/mol. The minimum Gasteiger partial charge on any atom is -0.493 e. The van der Waals surface area contributed by atoms with Crippen molar-refractivity contribution in [2.24, 2.45) is 5.10 Å². The van der Waals surface area contributed by atoms with Crippen LogP contribution in [0.2, 0.25) is 5.02 Å². The first-order valence-corrected chi connectivity index (χ1v) is 15.3. The highest BCUT2D eigenvalue weighted by Crippen LogP contribution is 2.32. The molecule has 12 heteroatoms. The Morgan fingerprint density at radius 1 is 0.864 bits per heavy atom. The Kier molecular flexibility index (Phi) is 11.1. The normalized spacial score (nSPS) is 11.2. The fourth-order valence-electron chi connectivity index (χ4n) is 4.09. The van der Waals surface area contributed by atoms with E-state index < -0.39 is 22.5 Å². The van der Waals surface area contributed by atoms with E-state index in [-0.39, 0.29) is 10.6 Å². The molecule has 0 spiro atoms. The number of amides is 1. The molecule has 0 radical (unpaired) electrons. The summed E-state index contributed by atoms with van der Waals surface area (Å²) in [4.78, 5) is 12.9. The number of nitrogens with one attached hydrogen (secondary N) is 1. The number of halogens is 1. The number of hydrogen-bond donors (Lipinski definition) is 1. The molecule has 10 nitrogen and oxygen atoms in total. The van der Waals surface area contributed by atoms with Crippen LogP contribution in [0.1, 0.15) is 18.1 Å². The van der Waals surface area contributed by atoms with Gasteiger partial charge in [0.1, 0.15) is 13.2 Å². The number of rotatable bonds is 14. The van der Waals surface area contributed by atoms with E-state index in [0.717, 1.165) is 9.87 Å². The third kappa shape index (κ3) is 8.21. The molecule has 0 aromatic heterocycles. The number of carbonyl (C=O) groups is 1. The van der Waals surface area contributed by atoms with E-state index in [1.807, 2.05) is 19.1 Å². The van der Waals surface area contributed by atoms with Crippen molar-refractivity contribution in [1.82, 2.24) is 5.43 Å². The third-order valence-electron chi connectivity index (χ3n) is 6.25. The lowest BCUT2D eigenvalue weighted by molar-refractivity contribution is -0.119. The highest BCUT2D eigenvalue weighted by molar-refractivity contribution is 7.92. The van der Waals surface area contributed by atoms with Gasteiger partial charge in [-0.15, -0.1) is 0 Å². The zero-order valence-corrected chi connectivity index (χ0v) is 26.0. The van der Waals surface area contributed by atoms with Crippen molar-refractivity contribution in [3.8, 4) is 23.0 Å². The molecule has 0 bridgehead atoms. The number of carbonyl (C=O) groups excluding carboxylic acids is 1. The molecule has 4 aromatic rings. The molecule has 0 heterocycles. The minimum absolute atomic E-state index is 0.0721. The molecular formula is C32H32ClN3O7S. The van der Waals surface area contributed by atoms with E-state index >= 15 is 0 Å². The molecule has 0 aliphatic heterocycles. The Labute approximate surface area is 261 Å². The van der Waals surface area contributed by atoms with E-state index in [1.54, 1.807) is 60.7 Å². The lowest BCUT2D eigenvalue weighted by Gasteiger charge is -2.24. The van der Waals surface area contributed by atoms with Gasteiger partial charge in [-0.25, -0.2) is 13.8 Å². The van der Waals surface area contributed by atoms with Crippen LogP contribution in [0, 0.1) is 0 Å². The highest BCUT2D eigenvalue weighted by atomic mass is 35.5. The van der Waals surface area contributed by atoms with Gasteiger partial charge in [0.15, 0.2) is 23.0 Å². The second-order valence-electron chi connectivity index (χ2n) is 9.21. The number of nitrogens with zero attached hydrogens (tertiary/aromatic N) is 2. The van der Waals surface area contributed by atoms with Crippen molar-refractivity contribution < 1.29 is 32.2 Å². The predicted molar refractivity (Wildman–Crippen MR) is 170 cm³/mol. The van der Waals surface area contributed by atoms with Crippen molar-refractivity contribution in [3.05, 3.63) is 107 Å². The molecule has 4 aromatic carbocycles. The maximum absolute atomic E-state index is 13.7. The number of anilines is 1. The number of para-hydroxylation sites is 1. The summed E-state index contributed by atoms with van der Waals surface area (Å²) in [6.45, 7) is 2.07. The molecule has 1 N–H and O–H groups in total. The molecule has 0 atom stereocenters. The summed E-state index contributed by atoms with van der Waals surface area (Å²) in [7, 11) is -1.32. The lowest BCUT2D eigenvalue weighted by Crippen LogP contribution is -2.39. The van der Waals surface area contributed by atoms with Gasteiger partial charge in [-0.1, -0.05) is 41.9 Å². The topological polar surface area (TPSA) is 116 Å². The van der Waals surface area contributed by atoms with E-state index in [9.17, 15) is 13.2 Å². The average Bonchev–Trinajstić information content (AvgIpc) is 3.04. The van der Waals surface area contributed by atoms with Crippen LogP contribution < -0.4 is 28.7 Å². The largest absolute Gasteiger partial charge is 0.493 e. The lowest BCUT2D eigenvalue weighted by atomic mass is 10.2. The smallest absolute Gasteiger partial charge is 0.264 e. The first-order chi connectivity index (χ1) is 21.2. The van der Waals surface area contributed by atoms with Crippen LogP contribution in [0.5, 0.6) is 23.0 Å². The summed E-state index contributed by atoms with van der Waals surface area (Å²) >= 11 is 5.95. The Morgan fingerprint density at radius 2 is 1.57 bits per heavy atom. The zero-order valence-electron chi connectivity index (χ0n) is 24.4. The summed E-state index contributed by atoms with van der Waals surface area (Å²) in [5, 5.41) is 4.68. The van der Waals surface area contributed by atoms with Crippen LogP contribution in [0.3, 0.4) is 0 Å². The molecule has 230 valence electrons. The van der Waals surface area contributed by atoms with Crippen LogP contribution in [-0.4, -0.2) is 47.9 Å². The Morgan fingerprint density at radius 3 is 2.25 bits per heavy atom. The van der Waals surface area contributed by atoms with Crippen LogP contribution >= 0.6 is 11.6 Å². The van der Waals surface area contributed by atoms with Gasteiger partial charge in [0.05, 0.1) is 37.6 Å². The summed E-state index contributed by atoms with van der Waals surface area (Å²) in [5.41, 5.74) is 4.29. The number of sulfonamides is 1. The van der Waals surface area contributed by atoms with Gasteiger partial charge in [0.25, 0.3) is 15.9 Å². The molecule has 4 rings (SSSR count). The zero-order chi connectivity index (χ0) is 31.5. The van der Waals surface area contributed by atoms with Crippen LogP contribution in [-0.2, 0) is 21.4 Å². The summed E-state index contributed by atoms with van der Waals surface area (Å²) in [6.07, 6.45) is 1.43. The molecule has 0 aliphatic rings. The van der Waals surface area contributed by atoms with Gasteiger partial charge >= 0.3 is 0 Å². The maximum Gasteiger partial charge on any atom is 0.264 e. The third-order valence-corrected chi connectivity index (χ3v) is 8.27. The van der Waals surface area contributed by atoms with Gasteiger partial charge in [-0.05, 0) is 72.6 Å². The first kappa shape index (κ1) is 32.2. The molecule has 0 saturated carbocycles. The molecule has 1 amide bonds. The van der Waals surface area contributed by atoms with Gasteiger partial charge in [-0.2, -0.15) is 5.10 Å². The van der Waals surface area contributed by atoms with Crippen molar-refractivity contribution >= 4 is 39.4 Å². The second kappa shape index (κ2) is 15.1. The summed E-state index contributed by atoms with van der Waals surface area (Å²) < 4.78 is 50.6. The number of hydrogen-bond acceptors (Lipinski definition) is 8. The molecule has 0 unspecified atom stereocenters. The highest BCUT2D eigenvalue weighted by Gasteiger charge is 2.28. The van der Waals surface area contributed by atoms with Crippen molar-refractivity contribution in [2.75, 3.05) is 31.7 Å². The standard InChI is InChI=1S/C32H32ClN3O7S/c1-4-42-31-18-24(12-16-29(31)43-22-23-10-13-25(33)14-11-23)20-34-35-32(37)21-36(26-8-6-5-7-9-26)44(38,39)27-15-17-28(40-2)30(19-27)41-3/h5-20H,4,21-22H2,1-3H3,(H,35,37)/b34-20-. The fraction of sp³-hybridized carbons (Fsp3) is 0.188. The Bertz CT molecular complexity index is 1700.